The van der Waals surface area contributed by atoms with Crippen molar-refractivity contribution in [2.24, 2.45) is 0 Å². The molecule has 0 saturated carbocycles. The van der Waals surface area contributed by atoms with Gasteiger partial charge in [-0.05, 0) is 92.5 Å². The summed E-state index contributed by atoms with van der Waals surface area (Å²) in [6.45, 7) is 28.2. The quantitative estimate of drug-likeness (QED) is 0.114. The smallest absolute Gasteiger partial charge is 0.417 e. The predicted octanol–water partition coefficient (Wildman–Crippen LogP) is 7.48. The second-order valence-corrected chi connectivity index (χ2v) is 31.3. The van der Waals surface area contributed by atoms with Crippen molar-refractivity contribution in [1.29, 1.82) is 0 Å². The van der Waals surface area contributed by atoms with Crippen LogP contribution in [0.4, 0.5) is 0 Å². The van der Waals surface area contributed by atoms with Gasteiger partial charge >= 0.3 is 17.6 Å². The molecule has 6 nitrogen and oxygen atoms in total. The first-order valence-corrected chi connectivity index (χ1v) is 27.1. The van der Waals surface area contributed by atoms with E-state index in [4.69, 9.17) is 25.6 Å². The summed E-state index contributed by atoms with van der Waals surface area (Å²) in [6.07, 6.45) is 5.69. The first kappa shape index (κ1) is 33.8. The van der Waals surface area contributed by atoms with Crippen LogP contribution in [0.3, 0.4) is 0 Å². The summed E-state index contributed by atoms with van der Waals surface area (Å²) < 4.78 is 38.3. The fourth-order valence-corrected chi connectivity index (χ4v) is 21.2. The Kier molecular flexibility index (Phi) is 15.6. The van der Waals surface area contributed by atoms with Crippen LogP contribution in [-0.4, -0.2) is 62.4 Å². The standard InChI is InChI=1S/C22H56O6Si5/c1-13-23-32(24-14-2,25-15-3)21-19-17-16-18-20-22-33(26-29(4,5)6,27-30(7,8)9)28-31(10,11)12/h13-22H2,1-12H3. The molecule has 33 heavy (non-hydrogen) atoms. The maximum atomic E-state index is 6.79. The van der Waals surface area contributed by atoms with Crippen LogP contribution in [0, 0.1) is 0 Å². The van der Waals surface area contributed by atoms with Crippen molar-refractivity contribution in [1.82, 2.24) is 0 Å². The van der Waals surface area contributed by atoms with E-state index in [1.807, 2.05) is 20.8 Å². The molecule has 0 fully saturated rings. The lowest BCUT2D eigenvalue weighted by atomic mass is 10.2. The zero-order chi connectivity index (χ0) is 25.8. The van der Waals surface area contributed by atoms with Gasteiger partial charge in [-0.3, -0.25) is 0 Å². The monoisotopic (exact) mass is 556 g/mol. The summed E-state index contributed by atoms with van der Waals surface area (Å²) in [6, 6.07) is 1.83. The molecule has 0 amide bonds. The Morgan fingerprint density at radius 1 is 0.394 bits per heavy atom. The second-order valence-electron chi connectivity index (χ2n) is 11.6. The summed E-state index contributed by atoms with van der Waals surface area (Å²) in [5, 5.41) is 0. The molecule has 11 heteroatoms. The zero-order valence-electron chi connectivity index (χ0n) is 24.0. The molecule has 0 rings (SSSR count). The van der Waals surface area contributed by atoms with Gasteiger partial charge in [0.25, 0.3) is 0 Å². The van der Waals surface area contributed by atoms with Gasteiger partial charge in [0.1, 0.15) is 0 Å². The van der Waals surface area contributed by atoms with E-state index in [2.05, 4.69) is 58.9 Å². The molecule has 0 aliphatic rings. The molecular weight excluding hydrogens is 501 g/mol. The highest BCUT2D eigenvalue weighted by atomic mass is 28.5. The van der Waals surface area contributed by atoms with Gasteiger partial charge < -0.3 is 25.6 Å². The van der Waals surface area contributed by atoms with Gasteiger partial charge in [-0.1, -0.05) is 19.3 Å². The van der Waals surface area contributed by atoms with E-state index in [0.717, 1.165) is 31.4 Å². The van der Waals surface area contributed by atoms with Gasteiger partial charge in [-0.2, -0.15) is 0 Å². The van der Waals surface area contributed by atoms with Crippen molar-refractivity contribution in [2.75, 3.05) is 19.8 Å². The summed E-state index contributed by atoms with van der Waals surface area (Å²) in [5.41, 5.74) is 0. The van der Waals surface area contributed by atoms with Gasteiger partial charge in [0, 0.05) is 31.9 Å². The first-order chi connectivity index (χ1) is 15.0. The molecule has 0 unspecified atom stereocenters. The van der Waals surface area contributed by atoms with Crippen LogP contribution >= 0.6 is 0 Å². The van der Waals surface area contributed by atoms with Crippen LogP contribution in [-0.2, 0) is 25.6 Å². The lowest BCUT2D eigenvalue weighted by molar-refractivity contribution is 0.0706. The number of unbranched alkanes of at least 4 members (excludes halogenated alkanes) is 4. The summed E-state index contributed by atoms with van der Waals surface area (Å²) in [5.74, 6) is 0. The highest BCUT2D eigenvalue weighted by Gasteiger charge is 2.49. The third-order valence-corrected chi connectivity index (χ3v) is 19.6. The average molecular weight is 557 g/mol. The van der Waals surface area contributed by atoms with E-state index in [1.165, 1.54) is 12.8 Å². The van der Waals surface area contributed by atoms with Gasteiger partial charge in [-0.25, -0.2) is 0 Å². The van der Waals surface area contributed by atoms with Crippen LogP contribution in [0.25, 0.3) is 0 Å². The molecule has 0 saturated heterocycles. The normalized spacial score (nSPS) is 14.2. The van der Waals surface area contributed by atoms with Gasteiger partial charge in [0.05, 0.1) is 0 Å². The average Bonchev–Trinajstić information content (AvgIpc) is 2.57. The Morgan fingerprint density at radius 3 is 0.939 bits per heavy atom. The maximum Gasteiger partial charge on any atom is 0.500 e. The number of hydrogen-bond donors (Lipinski definition) is 0. The Hall–Kier alpha value is 0.844. The molecule has 0 N–H and O–H groups in total. The molecule has 0 spiro atoms. The van der Waals surface area contributed by atoms with Crippen molar-refractivity contribution < 1.29 is 25.6 Å². The number of rotatable bonds is 20. The van der Waals surface area contributed by atoms with E-state index in [0.29, 0.717) is 19.8 Å². The van der Waals surface area contributed by atoms with Crippen LogP contribution in [0.1, 0.15) is 52.9 Å². The van der Waals surface area contributed by atoms with Crippen molar-refractivity contribution in [3.63, 3.8) is 0 Å². The largest absolute Gasteiger partial charge is 0.500 e. The Bertz CT molecular complexity index is 459. The molecule has 0 aliphatic heterocycles. The van der Waals surface area contributed by atoms with Gasteiger partial charge in [-0.15, -0.1) is 0 Å². The summed E-state index contributed by atoms with van der Waals surface area (Å²) in [4.78, 5) is 0. The second kappa shape index (κ2) is 15.2. The highest BCUT2D eigenvalue weighted by molar-refractivity contribution is 6.90. The molecule has 0 atom stereocenters. The number of hydrogen-bond acceptors (Lipinski definition) is 6. The predicted molar refractivity (Wildman–Crippen MR) is 152 cm³/mol. The van der Waals surface area contributed by atoms with Crippen LogP contribution in [0.15, 0.2) is 0 Å². The minimum atomic E-state index is -2.70. The molecule has 0 heterocycles. The fourth-order valence-electron chi connectivity index (χ4n) is 3.83. The van der Waals surface area contributed by atoms with Crippen molar-refractivity contribution in [3.05, 3.63) is 0 Å². The minimum Gasteiger partial charge on any atom is -0.417 e. The summed E-state index contributed by atoms with van der Waals surface area (Å²) >= 11 is 0. The first-order valence-electron chi connectivity index (χ1n) is 13.0. The Morgan fingerprint density at radius 2 is 0.667 bits per heavy atom. The molecule has 0 radical (unpaired) electrons. The van der Waals surface area contributed by atoms with Crippen molar-refractivity contribution in [3.8, 4) is 0 Å². The van der Waals surface area contributed by atoms with E-state index in [1.54, 1.807) is 0 Å². The van der Waals surface area contributed by atoms with Gasteiger partial charge in [0.2, 0.25) is 0 Å². The molecule has 0 aromatic carbocycles. The zero-order valence-corrected chi connectivity index (χ0v) is 29.0. The molecule has 0 aromatic rings. The molecule has 0 bridgehead atoms. The highest BCUT2D eigenvalue weighted by Crippen LogP contribution is 2.31. The molecule has 0 aromatic heterocycles. The Balaban J connectivity index is 4.94. The molecule has 0 aliphatic carbocycles. The Labute approximate surface area is 211 Å². The summed E-state index contributed by atoms with van der Waals surface area (Å²) in [7, 11) is -10.6. The lowest BCUT2D eigenvalue weighted by Crippen LogP contribution is -2.60. The van der Waals surface area contributed by atoms with Crippen molar-refractivity contribution >= 4 is 42.6 Å². The lowest BCUT2D eigenvalue weighted by Gasteiger charge is -2.43. The van der Waals surface area contributed by atoms with Crippen LogP contribution in [0.5, 0.6) is 0 Å². The van der Waals surface area contributed by atoms with E-state index < -0.39 is 42.6 Å². The van der Waals surface area contributed by atoms with Crippen LogP contribution < -0.4 is 0 Å². The van der Waals surface area contributed by atoms with E-state index in [9.17, 15) is 0 Å². The minimum absolute atomic E-state index is 0.643. The molecular formula is C22H56O6Si5. The van der Waals surface area contributed by atoms with E-state index >= 15 is 0 Å². The third kappa shape index (κ3) is 17.0. The SMILES string of the molecule is CCO[Si](CCCCCCC[Si](O[Si](C)(C)C)(O[Si](C)(C)C)O[Si](C)(C)C)(OCC)OCC. The van der Waals surface area contributed by atoms with Crippen molar-refractivity contribution in [2.45, 2.75) is 124 Å². The topological polar surface area (TPSA) is 55.4 Å². The third-order valence-electron chi connectivity index (χ3n) is 4.44. The fraction of sp³-hybridized carbons (Fsp3) is 1.00. The van der Waals surface area contributed by atoms with Crippen LogP contribution in [0.2, 0.25) is 71.0 Å². The van der Waals surface area contributed by atoms with Gasteiger partial charge in [0.15, 0.2) is 25.0 Å². The molecule has 200 valence electrons. The maximum absolute atomic E-state index is 6.79. The van der Waals surface area contributed by atoms with E-state index in [-0.39, 0.29) is 0 Å².